The molecular formula is C22H23N7O2S. The third-order valence-electron chi connectivity index (χ3n) is 5.78. The van der Waals surface area contributed by atoms with Crippen molar-refractivity contribution in [2.24, 2.45) is 7.05 Å². The Hall–Kier alpha value is -3.42. The van der Waals surface area contributed by atoms with E-state index in [1.54, 1.807) is 18.3 Å². The van der Waals surface area contributed by atoms with E-state index in [9.17, 15) is 5.26 Å². The van der Waals surface area contributed by atoms with Gasteiger partial charge in [0.1, 0.15) is 18.5 Å². The van der Waals surface area contributed by atoms with Crippen LogP contribution in [0.5, 0.6) is 11.5 Å². The Morgan fingerprint density at radius 2 is 1.91 bits per heavy atom. The van der Waals surface area contributed by atoms with Crippen molar-refractivity contribution < 1.29 is 9.47 Å². The molecule has 1 unspecified atom stereocenters. The molecule has 0 spiro atoms. The van der Waals surface area contributed by atoms with Gasteiger partial charge in [0.05, 0.1) is 12.2 Å². The van der Waals surface area contributed by atoms with E-state index in [1.165, 1.54) is 0 Å². The largest absolute Gasteiger partial charge is 0.485 e. The lowest BCUT2D eigenvalue weighted by Gasteiger charge is -2.35. The summed E-state index contributed by atoms with van der Waals surface area (Å²) in [5.41, 5.74) is 0.605. The summed E-state index contributed by atoms with van der Waals surface area (Å²) < 4.78 is 16.3. The van der Waals surface area contributed by atoms with Crippen LogP contribution in [0.2, 0.25) is 0 Å². The molecule has 0 amide bonds. The van der Waals surface area contributed by atoms with Gasteiger partial charge in [-0.25, -0.2) is 9.67 Å². The number of para-hydroxylation sites is 2. The van der Waals surface area contributed by atoms with Gasteiger partial charge in [0, 0.05) is 39.4 Å². The van der Waals surface area contributed by atoms with Crippen molar-refractivity contribution in [3.05, 3.63) is 58.8 Å². The van der Waals surface area contributed by atoms with Crippen molar-refractivity contribution in [3.63, 3.8) is 0 Å². The molecule has 1 atom stereocenters. The summed E-state index contributed by atoms with van der Waals surface area (Å²) >= 11 is 5.65. The molecule has 164 valence electrons. The molecule has 10 heteroatoms. The van der Waals surface area contributed by atoms with Gasteiger partial charge >= 0.3 is 0 Å². The number of hydrogen-bond acceptors (Lipinski definition) is 8. The van der Waals surface area contributed by atoms with Gasteiger partial charge in [-0.3, -0.25) is 4.90 Å². The zero-order valence-corrected chi connectivity index (χ0v) is 18.5. The molecule has 0 bridgehead atoms. The molecule has 0 N–H and O–H groups in total. The van der Waals surface area contributed by atoms with Crippen LogP contribution in [0.1, 0.15) is 17.5 Å². The summed E-state index contributed by atoms with van der Waals surface area (Å²) in [6, 6.07) is 13.5. The number of anilines is 1. The third-order valence-corrected chi connectivity index (χ3v) is 6.27. The van der Waals surface area contributed by atoms with E-state index in [-0.39, 0.29) is 6.10 Å². The predicted octanol–water partition coefficient (Wildman–Crippen LogP) is 2.51. The van der Waals surface area contributed by atoms with Crippen LogP contribution in [0.25, 0.3) is 0 Å². The maximum Gasteiger partial charge on any atom is 0.198 e. The molecule has 2 aromatic heterocycles. The fourth-order valence-electron chi connectivity index (χ4n) is 4.05. The van der Waals surface area contributed by atoms with Crippen molar-refractivity contribution in [1.82, 2.24) is 24.2 Å². The van der Waals surface area contributed by atoms with Gasteiger partial charge in [0.15, 0.2) is 28.2 Å². The van der Waals surface area contributed by atoms with Crippen LogP contribution >= 0.6 is 12.2 Å². The Labute approximate surface area is 191 Å². The molecule has 1 saturated heterocycles. The number of hydrogen-bond donors (Lipinski definition) is 0. The van der Waals surface area contributed by atoms with Crippen molar-refractivity contribution in [1.29, 1.82) is 5.26 Å². The van der Waals surface area contributed by atoms with Crippen LogP contribution < -0.4 is 14.4 Å². The Morgan fingerprint density at radius 1 is 1.12 bits per heavy atom. The number of pyridine rings is 1. The molecule has 4 heterocycles. The molecule has 1 aromatic carbocycles. The van der Waals surface area contributed by atoms with E-state index in [0.29, 0.717) is 29.4 Å². The highest BCUT2D eigenvalue weighted by Crippen LogP contribution is 2.35. The number of nitriles is 1. The highest BCUT2D eigenvalue weighted by Gasteiger charge is 2.28. The van der Waals surface area contributed by atoms with Crippen LogP contribution in [-0.4, -0.2) is 57.0 Å². The molecule has 0 saturated carbocycles. The van der Waals surface area contributed by atoms with Gasteiger partial charge in [-0.1, -0.05) is 12.1 Å². The monoisotopic (exact) mass is 449 g/mol. The van der Waals surface area contributed by atoms with Gasteiger partial charge in [-0.05, 0) is 36.5 Å². The Bertz CT molecular complexity index is 1220. The first-order chi connectivity index (χ1) is 15.6. The number of nitrogens with zero attached hydrogens (tertiary/aromatic N) is 7. The maximum atomic E-state index is 9.34. The van der Waals surface area contributed by atoms with Gasteiger partial charge < -0.3 is 18.9 Å². The number of fused-ring (bicyclic) bond motifs is 1. The van der Waals surface area contributed by atoms with E-state index >= 15 is 0 Å². The van der Waals surface area contributed by atoms with Gasteiger partial charge in [-0.2, -0.15) is 10.4 Å². The fourth-order valence-corrected chi connectivity index (χ4v) is 4.24. The number of piperazine rings is 1. The fraction of sp³-hybridized carbons (Fsp3) is 0.364. The summed E-state index contributed by atoms with van der Waals surface area (Å²) in [4.78, 5) is 8.85. The topological polar surface area (TPSA) is 84.4 Å². The van der Waals surface area contributed by atoms with E-state index in [4.69, 9.17) is 26.8 Å². The van der Waals surface area contributed by atoms with E-state index in [1.807, 2.05) is 40.6 Å². The first-order valence-electron chi connectivity index (χ1n) is 10.5. The lowest BCUT2D eigenvalue weighted by molar-refractivity contribution is 0.0820. The molecule has 1 fully saturated rings. The Balaban J connectivity index is 1.26. The van der Waals surface area contributed by atoms with Crippen molar-refractivity contribution >= 4 is 18.0 Å². The van der Waals surface area contributed by atoms with Crippen LogP contribution in [0.4, 0.5) is 5.82 Å². The van der Waals surface area contributed by atoms with Crippen molar-refractivity contribution in [2.75, 3.05) is 37.7 Å². The zero-order chi connectivity index (χ0) is 22.1. The zero-order valence-electron chi connectivity index (χ0n) is 17.7. The molecule has 9 nitrogen and oxygen atoms in total. The number of aromatic nitrogens is 4. The highest BCUT2D eigenvalue weighted by atomic mass is 32.1. The van der Waals surface area contributed by atoms with E-state index in [2.05, 4.69) is 20.9 Å². The minimum absolute atomic E-state index is 0.316. The summed E-state index contributed by atoms with van der Waals surface area (Å²) in [5, 5.41) is 14.1. The van der Waals surface area contributed by atoms with Crippen LogP contribution in [0.3, 0.4) is 0 Å². The summed E-state index contributed by atoms with van der Waals surface area (Å²) in [5.74, 6) is 2.96. The molecule has 32 heavy (non-hydrogen) atoms. The molecule has 0 radical (unpaired) electrons. The average molecular weight is 450 g/mol. The second-order valence-electron chi connectivity index (χ2n) is 7.80. The number of benzene rings is 1. The summed E-state index contributed by atoms with van der Waals surface area (Å²) in [6.07, 6.45) is 1.41. The summed E-state index contributed by atoms with van der Waals surface area (Å²) in [7, 11) is 1.91. The normalized spacial score (nSPS) is 18.4. The van der Waals surface area contributed by atoms with E-state index in [0.717, 1.165) is 43.6 Å². The first-order valence-corrected chi connectivity index (χ1v) is 10.9. The second-order valence-corrected chi connectivity index (χ2v) is 8.16. The Kier molecular flexibility index (Phi) is 5.51. The maximum absolute atomic E-state index is 9.34. The molecular weight excluding hydrogens is 426 g/mol. The van der Waals surface area contributed by atoms with Crippen molar-refractivity contribution in [3.8, 4) is 17.6 Å². The van der Waals surface area contributed by atoms with Gasteiger partial charge in [0.25, 0.3) is 0 Å². The number of ether oxygens (including phenoxy) is 2. The standard InChI is InChI=1S/C22H23N7O2S/c1-26-21(19-14-30-17-6-2-3-7-18(17)31-19)25-29(22(26)32)15-27-9-11-28(12-10-27)20-16(13-23)5-4-8-24-20/h2-8,19H,9-12,14-15H2,1H3. The molecule has 2 aliphatic heterocycles. The lowest BCUT2D eigenvalue weighted by atomic mass is 10.2. The molecule has 5 rings (SSSR count). The van der Waals surface area contributed by atoms with Gasteiger partial charge in [0.2, 0.25) is 0 Å². The SMILES string of the molecule is Cn1c(C2COc3ccccc3O2)nn(CN2CCN(c3ncccc3C#N)CC2)c1=S. The van der Waals surface area contributed by atoms with Crippen LogP contribution in [-0.2, 0) is 13.7 Å². The third kappa shape index (κ3) is 3.81. The summed E-state index contributed by atoms with van der Waals surface area (Å²) in [6.45, 7) is 4.21. The Morgan fingerprint density at radius 3 is 2.69 bits per heavy atom. The molecule has 0 aliphatic carbocycles. The first kappa shape index (κ1) is 20.5. The predicted molar refractivity (Wildman–Crippen MR) is 120 cm³/mol. The minimum Gasteiger partial charge on any atom is -0.485 e. The lowest BCUT2D eigenvalue weighted by Crippen LogP contribution is -2.47. The number of rotatable bonds is 4. The van der Waals surface area contributed by atoms with Gasteiger partial charge in [-0.15, -0.1) is 0 Å². The van der Waals surface area contributed by atoms with Crippen LogP contribution in [0.15, 0.2) is 42.6 Å². The molecule has 2 aliphatic rings. The molecule has 3 aromatic rings. The van der Waals surface area contributed by atoms with Crippen LogP contribution in [0, 0.1) is 16.1 Å². The minimum atomic E-state index is -0.316. The second kappa shape index (κ2) is 8.61. The smallest absolute Gasteiger partial charge is 0.198 e. The van der Waals surface area contributed by atoms with E-state index < -0.39 is 0 Å². The quantitative estimate of drug-likeness (QED) is 0.562. The highest BCUT2D eigenvalue weighted by molar-refractivity contribution is 7.71. The average Bonchev–Trinajstić information content (AvgIpc) is 3.12. The van der Waals surface area contributed by atoms with Crippen molar-refractivity contribution in [2.45, 2.75) is 12.8 Å².